The molecule has 0 fully saturated rings. The SMILES string of the molecule is c1ccc(-c2nc(-c3cc(-c4cccc5oc6ccccc6c45)c4ccccc4c3)nc(-c3ccc4c5c(cccc35)-c3ccccc3-4)n2)cc1. The van der Waals surface area contributed by atoms with Gasteiger partial charge in [0, 0.05) is 27.5 Å². The summed E-state index contributed by atoms with van der Waals surface area (Å²) in [5.74, 6) is 1.91. The van der Waals surface area contributed by atoms with Crippen molar-refractivity contribution in [2.45, 2.75) is 0 Å². The van der Waals surface area contributed by atoms with Gasteiger partial charge >= 0.3 is 0 Å². The first kappa shape index (κ1) is 28.0. The second-order valence-electron chi connectivity index (χ2n) is 13.1. The van der Waals surface area contributed by atoms with Crippen molar-refractivity contribution in [1.82, 2.24) is 15.0 Å². The van der Waals surface area contributed by atoms with Gasteiger partial charge in [0.25, 0.3) is 0 Å². The molecule has 0 radical (unpaired) electrons. The molecule has 0 aliphatic heterocycles. The average Bonchev–Trinajstić information content (AvgIpc) is 3.75. The summed E-state index contributed by atoms with van der Waals surface area (Å²) in [5.41, 5.74) is 11.8. The molecular weight excluding hydrogens is 623 g/mol. The summed E-state index contributed by atoms with van der Waals surface area (Å²) in [6.45, 7) is 0. The third kappa shape index (κ3) is 4.23. The van der Waals surface area contributed by atoms with E-state index in [2.05, 4.69) is 127 Å². The van der Waals surface area contributed by atoms with Crippen molar-refractivity contribution in [1.29, 1.82) is 0 Å². The molecule has 236 valence electrons. The van der Waals surface area contributed by atoms with Crippen LogP contribution in [0.2, 0.25) is 0 Å². The fourth-order valence-corrected chi connectivity index (χ4v) is 8.01. The summed E-state index contributed by atoms with van der Waals surface area (Å²) >= 11 is 0. The predicted octanol–water partition coefficient (Wildman–Crippen LogP) is 12.4. The van der Waals surface area contributed by atoms with E-state index in [0.717, 1.165) is 65.9 Å². The van der Waals surface area contributed by atoms with Crippen molar-refractivity contribution >= 4 is 43.5 Å². The molecule has 2 aromatic heterocycles. The Kier molecular flexibility index (Phi) is 5.92. The van der Waals surface area contributed by atoms with Gasteiger partial charge in [-0.25, -0.2) is 15.0 Å². The Morgan fingerprint density at radius 1 is 0.314 bits per heavy atom. The zero-order chi connectivity index (χ0) is 33.5. The van der Waals surface area contributed by atoms with Crippen molar-refractivity contribution < 1.29 is 4.42 Å². The van der Waals surface area contributed by atoms with Crippen molar-refractivity contribution in [3.8, 4) is 67.5 Å². The second kappa shape index (κ2) is 10.8. The number of aromatic nitrogens is 3. The molecule has 11 rings (SSSR count). The molecular formula is C47H27N3O. The maximum atomic E-state index is 6.31. The van der Waals surface area contributed by atoms with Crippen LogP contribution in [0.5, 0.6) is 0 Å². The molecule has 1 aliphatic carbocycles. The monoisotopic (exact) mass is 649 g/mol. The highest BCUT2D eigenvalue weighted by Crippen LogP contribution is 2.49. The number of fused-ring (bicyclic) bond motifs is 7. The molecule has 0 amide bonds. The molecule has 0 N–H and O–H groups in total. The van der Waals surface area contributed by atoms with Crippen LogP contribution >= 0.6 is 0 Å². The number of hydrogen-bond donors (Lipinski definition) is 0. The van der Waals surface area contributed by atoms with Crippen molar-refractivity contribution in [3.05, 3.63) is 164 Å². The van der Waals surface area contributed by atoms with E-state index in [1.54, 1.807) is 0 Å². The number of para-hydroxylation sites is 1. The van der Waals surface area contributed by atoms with Crippen LogP contribution in [0.15, 0.2) is 168 Å². The van der Waals surface area contributed by atoms with E-state index in [0.29, 0.717) is 17.5 Å². The largest absolute Gasteiger partial charge is 0.456 e. The zero-order valence-electron chi connectivity index (χ0n) is 27.3. The Hall–Kier alpha value is -6.91. The highest BCUT2D eigenvalue weighted by atomic mass is 16.3. The minimum atomic E-state index is 0.627. The number of furan rings is 1. The van der Waals surface area contributed by atoms with Gasteiger partial charge < -0.3 is 4.42 Å². The van der Waals surface area contributed by atoms with Crippen LogP contribution in [0.4, 0.5) is 0 Å². The van der Waals surface area contributed by atoms with Gasteiger partial charge in [0.1, 0.15) is 11.2 Å². The fourth-order valence-electron chi connectivity index (χ4n) is 8.01. The Bertz CT molecular complexity index is 3000. The van der Waals surface area contributed by atoms with E-state index in [1.165, 1.54) is 27.6 Å². The lowest BCUT2D eigenvalue weighted by Crippen LogP contribution is -2.01. The van der Waals surface area contributed by atoms with Gasteiger partial charge in [-0.2, -0.15) is 0 Å². The van der Waals surface area contributed by atoms with Gasteiger partial charge in [-0.1, -0.05) is 133 Å². The van der Waals surface area contributed by atoms with E-state index in [4.69, 9.17) is 19.4 Å². The Morgan fingerprint density at radius 3 is 1.73 bits per heavy atom. The van der Waals surface area contributed by atoms with E-state index < -0.39 is 0 Å². The summed E-state index contributed by atoms with van der Waals surface area (Å²) in [6.07, 6.45) is 0. The maximum Gasteiger partial charge on any atom is 0.164 e. The van der Waals surface area contributed by atoms with E-state index in [-0.39, 0.29) is 0 Å². The van der Waals surface area contributed by atoms with Crippen molar-refractivity contribution in [2.75, 3.05) is 0 Å². The molecule has 4 nitrogen and oxygen atoms in total. The standard InChI is InChI=1S/C47H27N3O/c1-2-12-28(13-3-1)45-48-46(50-47(49-45)38-25-24-37-33-17-7-6-16-32(33)34-19-10-20-35(38)43(34)37)30-26-29-14-4-5-15-31(29)40(27-30)36-21-11-23-42-44(36)39-18-8-9-22-41(39)51-42/h1-27H. The third-order valence-corrected chi connectivity index (χ3v) is 10.3. The Balaban J connectivity index is 1.17. The quantitative estimate of drug-likeness (QED) is 0.190. The highest BCUT2D eigenvalue weighted by molar-refractivity contribution is 6.19. The molecule has 4 heteroatoms. The Labute approximate surface area is 293 Å². The molecule has 10 aromatic rings. The lowest BCUT2D eigenvalue weighted by molar-refractivity contribution is 0.669. The fraction of sp³-hybridized carbons (Fsp3) is 0. The zero-order valence-corrected chi connectivity index (χ0v) is 27.3. The molecule has 0 unspecified atom stereocenters. The van der Waals surface area contributed by atoms with Crippen LogP contribution in [0.25, 0.3) is 111 Å². The van der Waals surface area contributed by atoms with Crippen LogP contribution in [0.3, 0.4) is 0 Å². The minimum Gasteiger partial charge on any atom is -0.456 e. The number of benzene rings is 8. The first-order valence-corrected chi connectivity index (χ1v) is 17.2. The second-order valence-corrected chi connectivity index (χ2v) is 13.1. The Morgan fingerprint density at radius 2 is 0.882 bits per heavy atom. The summed E-state index contributed by atoms with van der Waals surface area (Å²) in [7, 11) is 0. The van der Waals surface area contributed by atoms with Crippen LogP contribution in [-0.2, 0) is 0 Å². The summed E-state index contributed by atoms with van der Waals surface area (Å²) in [4.78, 5) is 15.6. The molecule has 2 heterocycles. The van der Waals surface area contributed by atoms with Crippen LogP contribution in [0.1, 0.15) is 0 Å². The molecule has 8 aromatic carbocycles. The molecule has 0 atom stereocenters. The van der Waals surface area contributed by atoms with Gasteiger partial charge in [-0.05, 0) is 85.3 Å². The van der Waals surface area contributed by atoms with E-state index >= 15 is 0 Å². The summed E-state index contributed by atoms with van der Waals surface area (Å²) < 4.78 is 6.31. The average molecular weight is 650 g/mol. The van der Waals surface area contributed by atoms with Gasteiger partial charge in [-0.15, -0.1) is 0 Å². The van der Waals surface area contributed by atoms with Gasteiger partial charge in [-0.3, -0.25) is 0 Å². The van der Waals surface area contributed by atoms with Crippen molar-refractivity contribution in [2.24, 2.45) is 0 Å². The van der Waals surface area contributed by atoms with Gasteiger partial charge in [0.05, 0.1) is 0 Å². The molecule has 1 aliphatic rings. The maximum absolute atomic E-state index is 6.31. The number of rotatable bonds is 4. The number of nitrogens with zero attached hydrogens (tertiary/aromatic N) is 3. The first-order chi connectivity index (χ1) is 25.3. The third-order valence-electron chi connectivity index (χ3n) is 10.3. The van der Waals surface area contributed by atoms with Crippen LogP contribution in [0, 0.1) is 0 Å². The predicted molar refractivity (Wildman–Crippen MR) is 208 cm³/mol. The number of hydrogen-bond acceptors (Lipinski definition) is 4. The summed E-state index contributed by atoms with van der Waals surface area (Å²) in [5, 5.41) is 6.85. The lowest BCUT2D eigenvalue weighted by atomic mass is 9.92. The van der Waals surface area contributed by atoms with Crippen molar-refractivity contribution in [3.63, 3.8) is 0 Å². The first-order valence-electron chi connectivity index (χ1n) is 17.2. The lowest BCUT2D eigenvalue weighted by Gasteiger charge is -2.14. The smallest absolute Gasteiger partial charge is 0.164 e. The minimum absolute atomic E-state index is 0.627. The van der Waals surface area contributed by atoms with Gasteiger partial charge in [0.2, 0.25) is 0 Å². The molecule has 0 bridgehead atoms. The molecule has 0 saturated heterocycles. The molecule has 0 spiro atoms. The van der Waals surface area contributed by atoms with Crippen LogP contribution in [-0.4, -0.2) is 15.0 Å². The van der Waals surface area contributed by atoms with Crippen LogP contribution < -0.4 is 0 Å². The molecule has 0 saturated carbocycles. The highest BCUT2D eigenvalue weighted by Gasteiger charge is 2.24. The van der Waals surface area contributed by atoms with E-state index in [9.17, 15) is 0 Å². The topological polar surface area (TPSA) is 51.8 Å². The molecule has 51 heavy (non-hydrogen) atoms. The summed E-state index contributed by atoms with van der Waals surface area (Å²) in [6, 6.07) is 57.3. The normalized spacial score (nSPS) is 11.9. The van der Waals surface area contributed by atoms with Gasteiger partial charge in [0.15, 0.2) is 17.5 Å². The van der Waals surface area contributed by atoms with E-state index in [1.807, 2.05) is 36.4 Å².